The number of likely N-dealkylation sites (tertiary alicyclic amines) is 1. The highest BCUT2D eigenvalue weighted by atomic mass is 15.1. The van der Waals surface area contributed by atoms with Crippen LogP contribution < -0.4 is 0 Å². The van der Waals surface area contributed by atoms with Gasteiger partial charge in [-0.3, -0.25) is 0 Å². The third-order valence-corrected chi connectivity index (χ3v) is 2.45. The van der Waals surface area contributed by atoms with Crippen LogP contribution in [-0.4, -0.2) is 18.0 Å². The van der Waals surface area contributed by atoms with Crippen molar-refractivity contribution in [3.8, 4) is 0 Å². The molecule has 12 heavy (non-hydrogen) atoms. The zero-order valence-electron chi connectivity index (χ0n) is 8.47. The average molecular weight is 167 g/mol. The maximum Gasteiger partial charge on any atom is 0.0174 e. The molecule has 0 aliphatic carbocycles. The van der Waals surface area contributed by atoms with Gasteiger partial charge in [-0.2, -0.15) is 0 Å². The summed E-state index contributed by atoms with van der Waals surface area (Å²) < 4.78 is 0. The average Bonchev–Trinajstić information content (AvgIpc) is 2.05. The second-order valence-electron chi connectivity index (χ2n) is 4.21. The van der Waals surface area contributed by atoms with Crippen molar-refractivity contribution >= 4 is 0 Å². The fourth-order valence-electron chi connectivity index (χ4n) is 1.81. The van der Waals surface area contributed by atoms with Gasteiger partial charge >= 0.3 is 0 Å². The van der Waals surface area contributed by atoms with Gasteiger partial charge < -0.3 is 4.90 Å². The Balaban J connectivity index is 2.30. The van der Waals surface area contributed by atoms with E-state index in [9.17, 15) is 0 Å². The number of nitrogens with zero attached hydrogens (tertiary/aromatic N) is 1. The van der Waals surface area contributed by atoms with Crippen LogP contribution in [0.4, 0.5) is 0 Å². The molecule has 70 valence electrons. The molecule has 0 aromatic rings. The molecule has 1 nitrogen and oxygen atoms in total. The van der Waals surface area contributed by atoms with Crippen LogP contribution >= 0.6 is 0 Å². The number of hydrogen-bond acceptors (Lipinski definition) is 1. The van der Waals surface area contributed by atoms with Crippen LogP contribution in [0, 0.1) is 5.92 Å². The topological polar surface area (TPSA) is 3.24 Å². The summed E-state index contributed by atoms with van der Waals surface area (Å²) >= 11 is 0. The zero-order valence-corrected chi connectivity index (χ0v) is 8.47. The minimum absolute atomic E-state index is 0.749. The van der Waals surface area contributed by atoms with E-state index < -0.39 is 0 Å². The molecule has 0 atom stereocenters. The molecule has 1 aliphatic heterocycles. The van der Waals surface area contributed by atoms with Gasteiger partial charge in [0, 0.05) is 18.8 Å². The number of hydrogen-bond donors (Lipinski definition) is 0. The van der Waals surface area contributed by atoms with E-state index in [4.69, 9.17) is 0 Å². The lowest BCUT2D eigenvalue weighted by molar-refractivity contribution is 0.271. The molecule has 0 amide bonds. The van der Waals surface area contributed by atoms with Gasteiger partial charge in [0.05, 0.1) is 0 Å². The number of piperidine rings is 1. The summed E-state index contributed by atoms with van der Waals surface area (Å²) in [6, 6.07) is 0. The molecule has 0 N–H and O–H groups in total. The minimum atomic E-state index is 0.749. The Bertz CT molecular complexity index is 143. The van der Waals surface area contributed by atoms with Crippen LogP contribution in [0.15, 0.2) is 12.3 Å². The first kappa shape index (κ1) is 9.63. The second-order valence-corrected chi connectivity index (χ2v) is 4.21. The summed E-state index contributed by atoms with van der Waals surface area (Å²) in [7, 11) is 0. The molecular weight excluding hydrogens is 146 g/mol. The highest BCUT2D eigenvalue weighted by molar-refractivity contribution is 4.95. The summed E-state index contributed by atoms with van der Waals surface area (Å²) in [5.74, 6) is 0.749. The van der Waals surface area contributed by atoms with E-state index in [1.54, 1.807) is 0 Å². The molecule has 1 aliphatic rings. The molecule has 1 heterocycles. The molecule has 1 rings (SSSR count). The Labute approximate surface area is 76.5 Å². The third kappa shape index (κ3) is 2.88. The molecule has 0 spiro atoms. The predicted molar refractivity (Wildman–Crippen MR) is 54.0 cm³/mol. The lowest BCUT2D eigenvalue weighted by Gasteiger charge is -2.31. The Morgan fingerprint density at radius 3 is 2.33 bits per heavy atom. The fraction of sp³-hybridized carbons (Fsp3) is 0.818. The smallest absolute Gasteiger partial charge is 0.0174 e. The fourth-order valence-corrected chi connectivity index (χ4v) is 1.81. The molecule has 1 saturated heterocycles. The molecule has 1 fully saturated rings. The van der Waals surface area contributed by atoms with E-state index in [1.165, 1.54) is 44.5 Å². The van der Waals surface area contributed by atoms with Crippen LogP contribution in [0.1, 0.15) is 39.5 Å². The van der Waals surface area contributed by atoms with E-state index >= 15 is 0 Å². The van der Waals surface area contributed by atoms with Gasteiger partial charge in [-0.05, 0) is 31.6 Å². The largest absolute Gasteiger partial charge is 0.375 e. The lowest BCUT2D eigenvalue weighted by atomic mass is 10.1. The van der Waals surface area contributed by atoms with Crippen molar-refractivity contribution in [2.45, 2.75) is 39.5 Å². The van der Waals surface area contributed by atoms with E-state index in [0.717, 1.165) is 5.92 Å². The normalized spacial score (nSPS) is 18.4. The van der Waals surface area contributed by atoms with E-state index in [1.807, 2.05) is 0 Å². The van der Waals surface area contributed by atoms with Gasteiger partial charge in [-0.25, -0.2) is 0 Å². The van der Waals surface area contributed by atoms with Crippen LogP contribution in [-0.2, 0) is 0 Å². The van der Waals surface area contributed by atoms with Crippen LogP contribution in [0.5, 0.6) is 0 Å². The highest BCUT2D eigenvalue weighted by Crippen LogP contribution is 2.18. The van der Waals surface area contributed by atoms with Crippen molar-refractivity contribution in [2.24, 2.45) is 5.92 Å². The highest BCUT2D eigenvalue weighted by Gasteiger charge is 2.11. The van der Waals surface area contributed by atoms with E-state index in [0.29, 0.717) is 0 Å². The molecular formula is C11H21N. The van der Waals surface area contributed by atoms with Gasteiger partial charge in [0.2, 0.25) is 0 Å². The summed E-state index contributed by atoms with van der Waals surface area (Å²) in [6.07, 6.45) is 5.29. The molecule has 0 aromatic carbocycles. The monoisotopic (exact) mass is 167 g/mol. The Hall–Kier alpha value is -0.460. The van der Waals surface area contributed by atoms with Crippen molar-refractivity contribution in [3.63, 3.8) is 0 Å². The minimum Gasteiger partial charge on any atom is -0.375 e. The quantitative estimate of drug-likeness (QED) is 0.624. The SMILES string of the molecule is C=C(CC(C)C)N1CCCCC1. The molecule has 0 bridgehead atoms. The van der Waals surface area contributed by atoms with Crippen molar-refractivity contribution in [2.75, 3.05) is 13.1 Å². The second kappa shape index (κ2) is 4.54. The number of allylic oxidation sites excluding steroid dienone is 1. The summed E-state index contributed by atoms with van der Waals surface area (Å²) in [4.78, 5) is 2.46. The van der Waals surface area contributed by atoms with Crippen LogP contribution in [0.3, 0.4) is 0 Å². The van der Waals surface area contributed by atoms with Gasteiger partial charge in [0.25, 0.3) is 0 Å². The molecule has 0 radical (unpaired) electrons. The molecule has 1 heteroatoms. The van der Waals surface area contributed by atoms with E-state index in [-0.39, 0.29) is 0 Å². The van der Waals surface area contributed by atoms with Gasteiger partial charge in [0.15, 0.2) is 0 Å². The first-order chi connectivity index (χ1) is 5.70. The summed E-state index contributed by atoms with van der Waals surface area (Å²) in [5.41, 5.74) is 1.35. The molecule has 0 unspecified atom stereocenters. The van der Waals surface area contributed by atoms with Crippen molar-refractivity contribution in [1.29, 1.82) is 0 Å². The molecule has 0 aromatic heterocycles. The maximum atomic E-state index is 4.14. The lowest BCUT2D eigenvalue weighted by Crippen LogP contribution is -2.29. The van der Waals surface area contributed by atoms with Crippen LogP contribution in [0.2, 0.25) is 0 Å². The van der Waals surface area contributed by atoms with Crippen molar-refractivity contribution < 1.29 is 0 Å². The van der Waals surface area contributed by atoms with Crippen molar-refractivity contribution in [1.82, 2.24) is 4.90 Å². The third-order valence-electron chi connectivity index (χ3n) is 2.45. The van der Waals surface area contributed by atoms with Crippen LogP contribution in [0.25, 0.3) is 0 Å². The maximum absolute atomic E-state index is 4.14. The van der Waals surface area contributed by atoms with Crippen molar-refractivity contribution in [3.05, 3.63) is 12.3 Å². The van der Waals surface area contributed by atoms with Gasteiger partial charge in [-0.1, -0.05) is 20.4 Å². The predicted octanol–water partition coefficient (Wildman–Crippen LogP) is 3.03. The van der Waals surface area contributed by atoms with Gasteiger partial charge in [0.1, 0.15) is 0 Å². The Morgan fingerprint density at radius 2 is 1.83 bits per heavy atom. The first-order valence-corrected chi connectivity index (χ1v) is 5.13. The molecule has 0 saturated carbocycles. The summed E-state index contributed by atoms with van der Waals surface area (Å²) in [5, 5.41) is 0. The van der Waals surface area contributed by atoms with Gasteiger partial charge in [-0.15, -0.1) is 0 Å². The number of rotatable bonds is 3. The summed E-state index contributed by atoms with van der Waals surface area (Å²) in [6.45, 7) is 11.1. The Morgan fingerprint density at radius 1 is 1.25 bits per heavy atom. The standard InChI is InChI=1S/C11H21N/c1-10(2)9-11(3)12-7-5-4-6-8-12/h10H,3-9H2,1-2H3. The zero-order chi connectivity index (χ0) is 8.97. The van der Waals surface area contributed by atoms with E-state index in [2.05, 4.69) is 25.3 Å². The first-order valence-electron chi connectivity index (χ1n) is 5.13. The Kier molecular flexibility index (Phi) is 3.64.